The molecule has 0 heterocycles. The highest BCUT2D eigenvalue weighted by Crippen LogP contribution is 2.35. The van der Waals surface area contributed by atoms with Gasteiger partial charge in [-0.05, 0) is 23.5 Å². The van der Waals surface area contributed by atoms with Crippen LogP contribution in [0.3, 0.4) is 0 Å². The molecule has 14 heavy (non-hydrogen) atoms. The Balaban J connectivity index is 3.14. The molecule has 78 valence electrons. The molecule has 1 aromatic carbocycles. The molecule has 0 aliphatic carbocycles. The second kappa shape index (κ2) is 4.03. The number of hydrogen-bond donors (Lipinski definition) is 1. The van der Waals surface area contributed by atoms with Crippen LogP contribution in [0.15, 0.2) is 22.7 Å². The quantitative estimate of drug-likeness (QED) is 0.812. The smallest absolute Gasteiger partial charge is 0.0355 e. The maximum Gasteiger partial charge on any atom is 0.0355 e. The second-order valence-corrected chi connectivity index (χ2v) is 5.61. The fourth-order valence-electron chi connectivity index (χ4n) is 1.38. The van der Waals surface area contributed by atoms with Gasteiger partial charge in [0, 0.05) is 10.5 Å². The first-order chi connectivity index (χ1) is 6.34. The minimum absolute atomic E-state index is 0.0665. The number of hydrogen-bond acceptors (Lipinski definition) is 1. The number of nitrogens with two attached hydrogens (primary N) is 1. The zero-order chi connectivity index (χ0) is 10.9. The zero-order valence-electron chi connectivity index (χ0n) is 9.26. The number of rotatable bonds is 1. The molecule has 0 aliphatic rings. The van der Waals surface area contributed by atoms with Gasteiger partial charge in [0.05, 0.1) is 0 Å². The van der Waals surface area contributed by atoms with Crippen molar-refractivity contribution in [3.8, 4) is 0 Å². The third-order valence-corrected chi connectivity index (χ3v) is 3.57. The first-order valence-corrected chi connectivity index (χ1v) is 5.64. The van der Waals surface area contributed by atoms with Gasteiger partial charge in [-0.2, -0.15) is 0 Å². The summed E-state index contributed by atoms with van der Waals surface area (Å²) in [7, 11) is 0. The molecule has 0 bridgehead atoms. The molecular formula is C12H18BrN. The van der Waals surface area contributed by atoms with E-state index in [4.69, 9.17) is 5.73 Å². The standard InChI is InChI=1S/C12H18BrN/c1-8-6-5-7-9(10(8)13)11(14)12(2,3)4/h5-7,11H,14H2,1-4H3/t11-/m1/s1. The molecule has 0 saturated heterocycles. The van der Waals surface area contributed by atoms with Gasteiger partial charge in [-0.15, -0.1) is 0 Å². The van der Waals surface area contributed by atoms with E-state index in [1.807, 2.05) is 0 Å². The summed E-state index contributed by atoms with van der Waals surface area (Å²) in [6.07, 6.45) is 0. The van der Waals surface area contributed by atoms with Crippen molar-refractivity contribution in [2.45, 2.75) is 33.7 Å². The number of halogens is 1. The van der Waals surface area contributed by atoms with Gasteiger partial charge >= 0.3 is 0 Å². The van der Waals surface area contributed by atoms with E-state index in [1.54, 1.807) is 0 Å². The summed E-state index contributed by atoms with van der Waals surface area (Å²) in [6.45, 7) is 8.56. The molecule has 0 unspecified atom stereocenters. The molecule has 1 aromatic rings. The molecule has 0 amide bonds. The maximum atomic E-state index is 6.21. The van der Waals surface area contributed by atoms with Crippen molar-refractivity contribution in [2.24, 2.45) is 11.1 Å². The number of aryl methyl sites for hydroxylation is 1. The Morgan fingerprint density at radius 2 is 1.86 bits per heavy atom. The highest BCUT2D eigenvalue weighted by atomic mass is 79.9. The van der Waals surface area contributed by atoms with Crippen LogP contribution in [0.2, 0.25) is 0 Å². The SMILES string of the molecule is Cc1cccc([C@@H](N)C(C)(C)C)c1Br. The Hall–Kier alpha value is -0.340. The van der Waals surface area contributed by atoms with Crippen molar-refractivity contribution in [2.75, 3.05) is 0 Å². The Labute approximate surface area is 94.8 Å². The predicted molar refractivity (Wildman–Crippen MR) is 65.3 cm³/mol. The minimum atomic E-state index is 0.0665. The van der Waals surface area contributed by atoms with Crippen LogP contribution in [0, 0.1) is 12.3 Å². The summed E-state index contributed by atoms with van der Waals surface area (Å²) in [5, 5.41) is 0. The Morgan fingerprint density at radius 3 is 2.36 bits per heavy atom. The molecule has 1 nitrogen and oxygen atoms in total. The van der Waals surface area contributed by atoms with Gasteiger partial charge in [-0.3, -0.25) is 0 Å². The molecule has 0 aromatic heterocycles. The summed E-state index contributed by atoms with van der Waals surface area (Å²) >= 11 is 3.59. The van der Waals surface area contributed by atoms with Crippen molar-refractivity contribution < 1.29 is 0 Å². The van der Waals surface area contributed by atoms with E-state index in [0.717, 1.165) is 4.47 Å². The van der Waals surface area contributed by atoms with Crippen LogP contribution >= 0.6 is 15.9 Å². The average molecular weight is 256 g/mol. The molecule has 0 aliphatic heterocycles. The molecule has 1 atom stereocenters. The largest absolute Gasteiger partial charge is 0.323 e. The van der Waals surface area contributed by atoms with E-state index >= 15 is 0 Å². The summed E-state index contributed by atoms with van der Waals surface area (Å²) in [4.78, 5) is 0. The van der Waals surface area contributed by atoms with Gasteiger partial charge in [0.25, 0.3) is 0 Å². The first kappa shape index (κ1) is 11.7. The number of benzene rings is 1. The maximum absolute atomic E-state index is 6.21. The van der Waals surface area contributed by atoms with Crippen LogP contribution in [0.25, 0.3) is 0 Å². The molecule has 0 radical (unpaired) electrons. The molecule has 2 heteroatoms. The van der Waals surface area contributed by atoms with Crippen molar-refractivity contribution in [3.05, 3.63) is 33.8 Å². The van der Waals surface area contributed by atoms with E-state index in [0.29, 0.717) is 0 Å². The van der Waals surface area contributed by atoms with Crippen molar-refractivity contribution >= 4 is 15.9 Å². The average Bonchev–Trinajstić information content (AvgIpc) is 2.07. The molecular weight excluding hydrogens is 238 g/mol. The van der Waals surface area contributed by atoms with Crippen LogP contribution in [0.1, 0.15) is 37.9 Å². The van der Waals surface area contributed by atoms with Crippen molar-refractivity contribution in [1.29, 1.82) is 0 Å². The third kappa shape index (κ3) is 2.37. The van der Waals surface area contributed by atoms with E-state index < -0.39 is 0 Å². The Morgan fingerprint density at radius 1 is 1.29 bits per heavy atom. The molecule has 0 spiro atoms. The highest BCUT2D eigenvalue weighted by molar-refractivity contribution is 9.10. The lowest BCUT2D eigenvalue weighted by molar-refractivity contribution is 0.326. The van der Waals surface area contributed by atoms with Crippen molar-refractivity contribution in [3.63, 3.8) is 0 Å². The normalized spacial score (nSPS) is 14.1. The summed E-state index contributed by atoms with van der Waals surface area (Å²) in [6, 6.07) is 6.30. The van der Waals surface area contributed by atoms with Crippen LogP contribution in [0.5, 0.6) is 0 Å². The van der Waals surface area contributed by atoms with E-state index in [1.165, 1.54) is 11.1 Å². The molecule has 0 fully saturated rings. The Kier molecular flexibility index (Phi) is 3.38. The van der Waals surface area contributed by atoms with Crippen LogP contribution in [-0.4, -0.2) is 0 Å². The summed E-state index contributed by atoms with van der Waals surface area (Å²) in [5.41, 5.74) is 8.74. The molecule has 0 saturated carbocycles. The lowest BCUT2D eigenvalue weighted by Gasteiger charge is -2.28. The summed E-state index contributed by atoms with van der Waals surface area (Å²) in [5.74, 6) is 0. The van der Waals surface area contributed by atoms with Crippen LogP contribution in [0.4, 0.5) is 0 Å². The fraction of sp³-hybridized carbons (Fsp3) is 0.500. The Bertz CT molecular complexity index is 326. The molecule has 2 N–H and O–H groups in total. The van der Waals surface area contributed by atoms with E-state index in [-0.39, 0.29) is 11.5 Å². The minimum Gasteiger partial charge on any atom is -0.323 e. The first-order valence-electron chi connectivity index (χ1n) is 4.84. The van der Waals surface area contributed by atoms with Gasteiger partial charge in [0.2, 0.25) is 0 Å². The zero-order valence-corrected chi connectivity index (χ0v) is 10.9. The van der Waals surface area contributed by atoms with Gasteiger partial charge < -0.3 is 5.73 Å². The van der Waals surface area contributed by atoms with Gasteiger partial charge in [0.1, 0.15) is 0 Å². The lowest BCUT2D eigenvalue weighted by Crippen LogP contribution is -2.26. The van der Waals surface area contributed by atoms with Gasteiger partial charge in [-0.1, -0.05) is 54.9 Å². The van der Waals surface area contributed by atoms with Crippen molar-refractivity contribution in [1.82, 2.24) is 0 Å². The van der Waals surface area contributed by atoms with E-state index in [9.17, 15) is 0 Å². The predicted octanol–water partition coefficient (Wildman–Crippen LogP) is 3.80. The summed E-state index contributed by atoms with van der Waals surface area (Å²) < 4.78 is 1.14. The van der Waals surface area contributed by atoms with E-state index in [2.05, 4.69) is 61.8 Å². The highest BCUT2D eigenvalue weighted by Gasteiger charge is 2.24. The van der Waals surface area contributed by atoms with Gasteiger partial charge in [0.15, 0.2) is 0 Å². The monoisotopic (exact) mass is 255 g/mol. The van der Waals surface area contributed by atoms with Gasteiger partial charge in [-0.25, -0.2) is 0 Å². The fourth-order valence-corrected chi connectivity index (χ4v) is 1.89. The van der Waals surface area contributed by atoms with Crippen LogP contribution < -0.4 is 5.73 Å². The van der Waals surface area contributed by atoms with Crippen LogP contribution in [-0.2, 0) is 0 Å². The topological polar surface area (TPSA) is 26.0 Å². The second-order valence-electron chi connectivity index (χ2n) is 4.82. The third-order valence-electron chi connectivity index (χ3n) is 2.49. The molecule has 1 rings (SSSR count). The lowest BCUT2D eigenvalue weighted by atomic mass is 9.83.